The van der Waals surface area contributed by atoms with Gasteiger partial charge in [-0.1, -0.05) is 11.6 Å². The molecule has 0 atom stereocenters. The maximum atomic E-state index is 12.4. The van der Waals surface area contributed by atoms with Crippen LogP contribution in [0.15, 0.2) is 24.3 Å². The van der Waals surface area contributed by atoms with Gasteiger partial charge in [-0.2, -0.15) is 0 Å². The average Bonchev–Trinajstić information content (AvgIpc) is 2.55. The zero-order chi connectivity index (χ0) is 15.9. The lowest BCUT2D eigenvalue weighted by Gasteiger charge is -2.31. The van der Waals surface area contributed by atoms with E-state index in [4.69, 9.17) is 23.2 Å². The van der Waals surface area contributed by atoms with Gasteiger partial charge in [-0.25, -0.2) is 0 Å². The van der Waals surface area contributed by atoms with Gasteiger partial charge >= 0.3 is 0 Å². The van der Waals surface area contributed by atoms with Crippen LogP contribution in [0.2, 0.25) is 5.02 Å². The molecule has 22 heavy (non-hydrogen) atoms. The van der Waals surface area contributed by atoms with E-state index in [1.165, 1.54) is 0 Å². The fraction of sp³-hybridized carbons (Fsp3) is 0.500. The van der Waals surface area contributed by atoms with Crippen LogP contribution in [0.5, 0.6) is 0 Å². The monoisotopic (exact) mass is 342 g/mol. The molecule has 1 saturated heterocycles. The third-order valence-corrected chi connectivity index (χ3v) is 4.37. The highest BCUT2D eigenvalue weighted by Crippen LogP contribution is 2.20. The molecule has 6 heteroatoms. The van der Waals surface area contributed by atoms with Gasteiger partial charge in [0.2, 0.25) is 5.91 Å². The zero-order valence-electron chi connectivity index (χ0n) is 12.4. The molecule has 0 aromatic heterocycles. The molecule has 0 saturated carbocycles. The Labute approximate surface area is 140 Å². The summed E-state index contributed by atoms with van der Waals surface area (Å²) in [6.45, 7) is 1.83. The highest BCUT2D eigenvalue weighted by atomic mass is 35.5. The summed E-state index contributed by atoms with van der Waals surface area (Å²) < 4.78 is 0. The van der Waals surface area contributed by atoms with Crippen molar-refractivity contribution in [3.63, 3.8) is 0 Å². The molecule has 2 amide bonds. The molecule has 1 heterocycles. The predicted molar refractivity (Wildman–Crippen MR) is 88.4 cm³/mol. The number of hydrogen-bond donors (Lipinski definition) is 1. The molecule has 1 fully saturated rings. The lowest BCUT2D eigenvalue weighted by molar-refractivity contribution is -0.126. The maximum absolute atomic E-state index is 12.4. The molecule has 0 radical (unpaired) electrons. The highest BCUT2D eigenvalue weighted by Gasteiger charge is 2.27. The zero-order valence-corrected chi connectivity index (χ0v) is 13.9. The van der Waals surface area contributed by atoms with Gasteiger partial charge in [0.1, 0.15) is 0 Å². The number of nitrogens with one attached hydrogen (secondary N) is 1. The first-order valence-corrected chi connectivity index (χ1v) is 8.41. The number of hydrogen-bond acceptors (Lipinski definition) is 2. The first-order chi connectivity index (χ1) is 10.6. The Morgan fingerprint density at radius 2 is 1.82 bits per heavy atom. The smallest absolute Gasteiger partial charge is 0.253 e. The number of piperidine rings is 1. The second-order valence-electron chi connectivity index (χ2n) is 5.41. The lowest BCUT2D eigenvalue weighted by Crippen LogP contribution is -2.43. The Bertz CT molecular complexity index is 511. The van der Waals surface area contributed by atoms with E-state index in [2.05, 4.69) is 5.32 Å². The normalized spacial score (nSPS) is 15.6. The molecule has 0 spiro atoms. The van der Waals surface area contributed by atoms with Gasteiger partial charge in [0.05, 0.1) is 0 Å². The Hall–Kier alpha value is -1.26. The summed E-state index contributed by atoms with van der Waals surface area (Å²) in [6.07, 6.45) is 2.18. The standard InChI is InChI=1S/C16H20Cl2N2O2/c17-8-1-9-19-15(21)12-6-10-20(11-7-12)16(22)13-2-4-14(18)5-3-13/h2-5,12H,1,6-11H2,(H,19,21). The molecule has 0 unspecified atom stereocenters. The number of amides is 2. The van der Waals surface area contributed by atoms with E-state index >= 15 is 0 Å². The Balaban J connectivity index is 1.82. The van der Waals surface area contributed by atoms with Gasteiger partial charge in [-0.15, -0.1) is 11.6 Å². The summed E-state index contributed by atoms with van der Waals surface area (Å²) >= 11 is 11.4. The molecule has 1 aromatic carbocycles. The van der Waals surface area contributed by atoms with Gasteiger partial charge in [0.15, 0.2) is 0 Å². The lowest BCUT2D eigenvalue weighted by atomic mass is 9.95. The van der Waals surface area contributed by atoms with Crippen LogP contribution in [-0.4, -0.2) is 42.2 Å². The quantitative estimate of drug-likeness (QED) is 0.660. The molecule has 0 bridgehead atoms. The summed E-state index contributed by atoms with van der Waals surface area (Å²) in [6, 6.07) is 6.89. The van der Waals surface area contributed by atoms with Crippen LogP contribution < -0.4 is 5.32 Å². The van der Waals surface area contributed by atoms with E-state index < -0.39 is 0 Å². The van der Waals surface area contributed by atoms with Crippen LogP contribution in [0.1, 0.15) is 29.6 Å². The summed E-state index contributed by atoms with van der Waals surface area (Å²) in [5.41, 5.74) is 0.634. The number of halogens is 2. The van der Waals surface area contributed by atoms with E-state index in [0.29, 0.717) is 48.9 Å². The van der Waals surface area contributed by atoms with Crippen LogP contribution in [0.3, 0.4) is 0 Å². The fourth-order valence-corrected chi connectivity index (χ4v) is 2.80. The van der Waals surface area contributed by atoms with Crippen LogP contribution in [0.4, 0.5) is 0 Å². The molecular weight excluding hydrogens is 323 g/mol. The number of carbonyl (C=O) groups is 2. The van der Waals surface area contributed by atoms with E-state index in [-0.39, 0.29) is 17.7 Å². The number of rotatable bonds is 5. The molecule has 1 N–H and O–H groups in total. The van der Waals surface area contributed by atoms with Crippen molar-refractivity contribution >= 4 is 35.0 Å². The molecular formula is C16H20Cl2N2O2. The van der Waals surface area contributed by atoms with Gasteiger partial charge in [-0.3, -0.25) is 9.59 Å². The third kappa shape index (κ3) is 4.62. The molecule has 4 nitrogen and oxygen atoms in total. The molecule has 120 valence electrons. The summed E-state index contributed by atoms with van der Waals surface area (Å²) in [7, 11) is 0. The van der Waals surface area contributed by atoms with Gasteiger partial charge in [0, 0.05) is 42.0 Å². The van der Waals surface area contributed by atoms with Crippen molar-refractivity contribution in [3.05, 3.63) is 34.9 Å². The number of alkyl halides is 1. The SMILES string of the molecule is O=C(NCCCCl)C1CCN(C(=O)c2ccc(Cl)cc2)CC1. The molecule has 1 aliphatic heterocycles. The van der Waals surface area contributed by atoms with E-state index in [9.17, 15) is 9.59 Å². The number of likely N-dealkylation sites (tertiary alicyclic amines) is 1. The predicted octanol–water partition coefficient (Wildman–Crippen LogP) is 2.94. The first kappa shape index (κ1) is 17.1. The average molecular weight is 343 g/mol. The van der Waals surface area contributed by atoms with Crippen molar-refractivity contribution in [3.8, 4) is 0 Å². The molecule has 1 aliphatic rings. The van der Waals surface area contributed by atoms with Crippen molar-refractivity contribution in [2.75, 3.05) is 25.5 Å². The van der Waals surface area contributed by atoms with Crippen molar-refractivity contribution in [2.24, 2.45) is 5.92 Å². The Kier molecular flexibility index (Phi) is 6.52. The number of nitrogens with zero attached hydrogens (tertiary/aromatic N) is 1. The van der Waals surface area contributed by atoms with Gasteiger partial charge in [-0.05, 0) is 43.5 Å². The van der Waals surface area contributed by atoms with E-state index in [1.807, 2.05) is 0 Å². The topological polar surface area (TPSA) is 49.4 Å². The van der Waals surface area contributed by atoms with Crippen LogP contribution in [0, 0.1) is 5.92 Å². The Morgan fingerprint density at radius 1 is 1.18 bits per heavy atom. The second kappa shape index (κ2) is 8.39. The molecule has 2 rings (SSSR count). The van der Waals surface area contributed by atoms with Gasteiger partial charge in [0.25, 0.3) is 5.91 Å². The van der Waals surface area contributed by atoms with Crippen molar-refractivity contribution in [1.82, 2.24) is 10.2 Å². The summed E-state index contributed by atoms with van der Waals surface area (Å²) in [4.78, 5) is 26.1. The summed E-state index contributed by atoms with van der Waals surface area (Å²) in [5, 5.41) is 3.51. The minimum atomic E-state index is -0.00964. The van der Waals surface area contributed by atoms with E-state index in [1.54, 1.807) is 29.2 Å². The third-order valence-electron chi connectivity index (χ3n) is 3.85. The van der Waals surface area contributed by atoms with Crippen molar-refractivity contribution in [1.29, 1.82) is 0 Å². The van der Waals surface area contributed by atoms with Crippen molar-refractivity contribution < 1.29 is 9.59 Å². The minimum absolute atomic E-state index is 0.00216. The first-order valence-electron chi connectivity index (χ1n) is 7.50. The number of benzene rings is 1. The van der Waals surface area contributed by atoms with E-state index in [0.717, 1.165) is 6.42 Å². The molecule has 0 aliphatic carbocycles. The van der Waals surface area contributed by atoms with Crippen LogP contribution in [-0.2, 0) is 4.79 Å². The van der Waals surface area contributed by atoms with Crippen molar-refractivity contribution in [2.45, 2.75) is 19.3 Å². The maximum Gasteiger partial charge on any atom is 0.253 e. The highest BCUT2D eigenvalue weighted by molar-refractivity contribution is 6.30. The number of carbonyl (C=O) groups excluding carboxylic acids is 2. The fourth-order valence-electron chi connectivity index (χ4n) is 2.54. The Morgan fingerprint density at radius 3 is 2.41 bits per heavy atom. The molecule has 1 aromatic rings. The minimum Gasteiger partial charge on any atom is -0.356 e. The van der Waals surface area contributed by atoms with Crippen LogP contribution in [0.25, 0.3) is 0 Å². The van der Waals surface area contributed by atoms with Crippen LogP contribution >= 0.6 is 23.2 Å². The largest absolute Gasteiger partial charge is 0.356 e. The summed E-state index contributed by atoms with van der Waals surface area (Å²) in [5.74, 6) is 0.611. The van der Waals surface area contributed by atoms with Gasteiger partial charge < -0.3 is 10.2 Å². The second-order valence-corrected chi connectivity index (χ2v) is 6.22.